The van der Waals surface area contributed by atoms with E-state index >= 15 is 0 Å². The number of unbranched alkanes of at least 4 members (excludes halogenated alkanes) is 2. The van der Waals surface area contributed by atoms with Crippen molar-refractivity contribution in [3.8, 4) is 0 Å². The lowest BCUT2D eigenvalue weighted by Crippen LogP contribution is -2.53. The molecule has 9 heteroatoms. The fourth-order valence-corrected chi connectivity index (χ4v) is 6.51. The van der Waals surface area contributed by atoms with Crippen LogP contribution in [0.4, 0.5) is 5.69 Å². The van der Waals surface area contributed by atoms with Crippen LogP contribution in [-0.4, -0.2) is 71.8 Å². The predicted octanol–water partition coefficient (Wildman–Crippen LogP) is 3.85. The molecule has 3 aromatic rings. The van der Waals surface area contributed by atoms with Gasteiger partial charge in [-0.25, -0.2) is 0 Å². The maximum atomic E-state index is 13.4. The molecule has 0 bridgehead atoms. The van der Waals surface area contributed by atoms with Crippen molar-refractivity contribution < 1.29 is 19.1 Å². The van der Waals surface area contributed by atoms with E-state index in [1.807, 2.05) is 30.5 Å². The summed E-state index contributed by atoms with van der Waals surface area (Å²) >= 11 is 0. The fourth-order valence-electron chi connectivity index (χ4n) is 6.51. The van der Waals surface area contributed by atoms with Crippen molar-refractivity contribution >= 4 is 34.2 Å². The molecule has 0 radical (unpaired) electrons. The lowest BCUT2D eigenvalue weighted by molar-refractivity contribution is -0.134. The molecule has 210 valence electrons. The Balaban J connectivity index is 1.14. The number of likely N-dealkylation sites (tertiary alicyclic amines) is 1. The summed E-state index contributed by atoms with van der Waals surface area (Å²) in [6.45, 7) is 4.23. The Morgan fingerprint density at radius 2 is 1.88 bits per heavy atom. The highest BCUT2D eigenvalue weighted by Crippen LogP contribution is 2.41. The molecule has 0 aliphatic carbocycles. The van der Waals surface area contributed by atoms with Crippen LogP contribution < -0.4 is 10.2 Å². The average Bonchev–Trinajstić information content (AvgIpc) is 3.54. The summed E-state index contributed by atoms with van der Waals surface area (Å²) in [5.41, 5.74) is 3.63. The molecule has 1 atom stereocenters. The van der Waals surface area contributed by atoms with Gasteiger partial charge in [-0.2, -0.15) is 5.10 Å². The van der Waals surface area contributed by atoms with E-state index in [-0.39, 0.29) is 18.2 Å². The van der Waals surface area contributed by atoms with Gasteiger partial charge >= 0.3 is 0 Å². The van der Waals surface area contributed by atoms with Crippen LogP contribution in [-0.2, 0) is 20.7 Å². The molecular formula is C31H37N5O4. The molecule has 3 aliphatic heterocycles. The molecule has 40 heavy (non-hydrogen) atoms. The topological polar surface area (TPSA) is 96.8 Å². The number of nitrogens with zero attached hydrogens (tertiary/aromatic N) is 4. The van der Waals surface area contributed by atoms with Gasteiger partial charge in [-0.3, -0.25) is 29.3 Å². The monoisotopic (exact) mass is 543 g/mol. The van der Waals surface area contributed by atoms with Crippen LogP contribution in [0.2, 0.25) is 0 Å². The van der Waals surface area contributed by atoms with E-state index in [0.717, 1.165) is 73.1 Å². The van der Waals surface area contributed by atoms with Gasteiger partial charge in [0, 0.05) is 56.8 Å². The van der Waals surface area contributed by atoms with Gasteiger partial charge in [0.25, 0.3) is 5.91 Å². The van der Waals surface area contributed by atoms with Crippen LogP contribution in [0, 0.1) is 0 Å². The first-order valence-electron chi connectivity index (χ1n) is 14.5. The molecule has 4 heterocycles. The van der Waals surface area contributed by atoms with Crippen LogP contribution >= 0.6 is 0 Å². The second-order valence-electron chi connectivity index (χ2n) is 11.2. The zero-order valence-electron chi connectivity index (χ0n) is 23.1. The molecule has 3 amide bonds. The second-order valence-corrected chi connectivity index (χ2v) is 11.2. The number of amides is 3. The summed E-state index contributed by atoms with van der Waals surface area (Å²) in [7, 11) is 1.76. The number of imide groups is 1. The van der Waals surface area contributed by atoms with E-state index in [1.54, 1.807) is 12.0 Å². The summed E-state index contributed by atoms with van der Waals surface area (Å²) in [6, 6.07) is 9.54. The number of anilines is 1. The van der Waals surface area contributed by atoms with E-state index < -0.39 is 11.9 Å². The molecule has 2 aromatic carbocycles. The molecule has 6 rings (SSSR count). The number of methoxy groups -OCH3 is 1. The number of piperidine rings is 2. The highest BCUT2D eigenvalue weighted by molar-refractivity contribution is 6.27. The van der Waals surface area contributed by atoms with Crippen molar-refractivity contribution in [3.63, 3.8) is 0 Å². The van der Waals surface area contributed by atoms with E-state index in [0.29, 0.717) is 24.4 Å². The molecule has 2 saturated heterocycles. The normalized spacial score (nSPS) is 20.1. The SMILES string of the molecule is COCCCCCN1CCC(n2cc(Cc3ccc4c5c(cccc35)C(=O)N4C3CCC(=O)NC3=O)cn2)CC1. The number of nitrogens with one attached hydrogen (secondary N) is 1. The number of rotatable bonds is 10. The van der Waals surface area contributed by atoms with Gasteiger partial charge in [-0.1, -0.05) is 18.2 Å². The third-order valence-corrected chi connectivity index (χ3v) is 8.64. The van der Waals surface area contributed by atoms with E-state index in [9.17, 15) is 14.4 Å². The molecule has 3 aliphatic rings. The van der Waals surface area contributed by atoms with Crippen LogP contribution in [0.3, 0.4) is 0 Å². The van der Waals surface area contributed by atoms with Crippen molar-refractivity contribution in [3.05, 3.63) is 59.4 Å². The Bertz CT molecular complexity index is 1420. The van der Waals surface area contributed by atoms with Gasteiger partial charge < -0.3 is 9.64 Å². The lowest BCUT2D eigenvalue weighted by Gasteiger charge is -2.32. The summed E-state index contributed by atoms with van der Waals surface area (Å²) in [4.78, 5) is 41.8. The summed E-state index contributed by atoms with van der Waals surface area (Å²) < 4.78 is 7.29. The van der Waals surface area contributed by atoms with Crippen LogP contribution in [0.25, 0.3) is 10.8 Å². The minimum Gasteiger partial charge on any atom is -0.385 e. The van der Waals surface area contributed by atoms with E-state index in [4.69, 9.17) is 9.84 Å². The van der Waals surface area contributed by atoms with Gasteiger partial charge in [0.1, 0.15) is 6.04 Å². The molecular weight excluding hydrogens is 506 g/mol. The van der Waals surface area contributed by atoms with E-state index in [2.05, 4.69) is 27.2 Å². The Hall–Kier alpha value is -3.56. The quantitative estimate of drug-likeness (QED) is 0.308. The third-order valence-electron chi connectivity index (χ3n) is 8.64. The molecule has 1 unspecified atom stereocenters. The minimum atomic E-state index is -0.674. The Morgan fingerprint density at radius 3 is 2.67 bits per heavy atom. The zero-order valence-corrected chi connectivity index (χ0v) is 23.1. The molecule has 1 aromatic heterocycles. The molecule has 2 fully saturated rings. The molecule has 0 saturated carbocycles. The number of hydrogen-bond donors (Lipinski definition) is 1. The number of hydrogen-bond acceptors (Lipinski definition) is 6. The standard InChI is InChI=1S/C31H37N5O4/c1-40-17-4-2-3-14-34-15-12-23(13-16-34)35-20-21(19-32-35)18-22-8-9-26-29-24(22)6-5-7-25(29)31(39)36(26)27-10-11-28(37)33-30(27)38/h5-9,19-20,23,27H,2-4,10-18H2,1H3,(H,33,37,38). The zero-order chi connectivity index (χ0) is 27.6. The van der Waals surface area contributed by atoms with Crippen molar-refractivity contribution in [2.24, 2.45) is 0 Å². The number of ether oxygens (including phenoxy) is 1. The third kappa shape index (κ3) is 5.15. The smallest absolute Gasteiger partial charge is 0.259 e. The molecule has 1 N–H and O–H groups in total. The Morgan fingerprint density at radius 1 is 1.02 bits per heavy atom. The first kappa shape index (κ1) is 26.7. The van der Waals surface area contributed by atoms with Gasteiger partial charge in [-0.05, 0) is 73.7 Å². The Kier molecular flexibility index (Phi) is 7.67. The first-order valence-corrected chi connectivity index (χ1v) is 14.5. The predicted molar refractivity (Wildman–Crippen MR) is 152 cm³/mol. The number of carbonyl (C=O) groups excluding carboxylic acids is 3. The summed E-state index contributed by atoms with van der Waals surface area (Å²) in [6.07, 6.45) is 11.2. The van der Waals surface area contributed by atoms with Gasteiger partial charge in [0.2, 0.25) is 11.8 Å². The molecule has 0 spiro atoms. The Labute approximate surface area is 234 Å². The lowest BCUT2D eigenvalue weighted by atomic mass is 9.97. The fraction of sp³-hybridized carbons (Fsp3) is 0.484. The van der Waals surface area contributed by atoms with Crippen LogP contribution in [0.1, 0.15) is 72.5 Å². The maximum absolute atomic E-state index is 13.4. The number of aromatic nitrogens is 2. The average molecular weight is 544 g/mol. The van der Waals surface area contributed by atoms with Gasteiger partial charge in [0.15, 0.2) is 0 Å². The minimum absolute atomic E-state index is 0.179. The largest absolute Gasteiger partial charge is 0.385 e. The van der Waals surface area contributed by atoms with E-state index in [1.165, 1.54) is 12.8 Å². The highest BCUT2D eigenvalue weighted by Gasteiger charge is 2.40. The summed E-state index contributed by atoms with van der Waals surface area (Å²) in [5, 5.41) is 9.03. The number of carbonyl (C=O) groups is 3. The van der Waals surface area contributed by atoms with Crippen molar-refractivity contribution in [1.29, 1.82) is 0 Å². The van der Waals surface area contributed by atoms with Gasteiger partial charge in [-0.15, -0.1) is 0 Å². The van der Waals surface area contributed by atoms with Crippen LogP contribution in [0.15, 0.2) is 42.7 Å². The van der Waals surface area contributed by atoms with Gasteiger partial charge in [0.05, 0.1) is 17.9 Å². The number of benzene rings is 2. The van der Waals surface area contributed by atoms with Crippen molar-refractivity contribution in [2.45, 2.75) is 63.5 Å². The highest BCUT2D eigenvalue weighted by atomic mass is 16.5. The van der Waals surface area contributed by atoms with Crippen LogP contribution in [0.5, 0.6) is 0 Å². The summed E-state index contributed by atoms with van der Waals surface area (Å²) in [5.74, 6) is -0.873. The maximum Gasteiger partial charge on any atom is 0.259 e. The molecule has 9 nitrogen and oxygen atoms in total. The van der Waals surface area contributed by atoms with Crippen molar-refractivity contribution in [1.82, 2.24) is 20.0 Å². The second kappa shape index (κ2) is 11.5. The van der Waals surface area contributed by atoms with Crippen molar-refractivity contribution in [2.75, 3.05) is 38.3 Å². The first-order chi connectivity index (χ1) is 19.5.